The maximum absolute atomic E-state index is 12.6. The lowest BCUT2D eigenvalue weighted by atomic mass is 9.94. The number of benzene rings is 1. The molecule has 112 valence electrons. The van der Waals surface area contributed by atoms with Gasteiger partial charge in [-0.2, -0.15) is 5.10 Å². The van der Waals surface area contributed by atoms with Crippen molar-refractivity contribution in [1.29, 1.82) is 0 Å². The van der Waals surface area contributed by atoms with E-state index in [4.69, 9.17) is 0 Å². The van der Waals surface area contributed by atoms with E-state index < -0.39 is 0 Å². The van der Waals surface area contributed by atoms with Crippen molar-refractivity contribution >= 4 is 17.3 Å². The number of carbonyl (C=O) groups excluding carboxylic acids is 1. The Balaban J connectivity index is 1.69. The lowest BCUT2D eigenvalue weighted by Gasteiger charge is -2.30. The molecule has 3 rings (SSSR count). The molecule has 1 aromatic rings. The highest BCUT2D eigenvalue weighted by atomic mass is 16.2. The molecule has 1 aromatic carbocycles. The Kier molecular flexibility index (Phi) is 4.23. The Bertz CT molecular complexity index is 520. The molecule has 1 amide bonds. The molecule has 2 aliphatic rings. The van der Waals surface area contributed by atoms with Gasteiger partial charge in [-0.25, -0.2) is 0 Å². The van der Waals surface area contributed by atoms with Gasteiger partial charge in [0.15, 0.2) is 0 Å². The summed E-state index contributed by atoms with van der Waals surface area (Å²) in [7, 11) is 0. The highest BCUT2D eigenvalue weighted by Crippen LogP contribution is 2.27. The quantitative estimate of drug-likeness (QED) is 0.866. The molecule has 0 bridgehead atoms. The molecule has 2 fully saturated rings. The molecule has 1 N–H and O–H groups in total. The molecule has 0 spiro atoms. The number of hydrazone groups is 1. The summed E-state index contributed by atoms with van der Waals surface area (Å²) in [5.74, 6) is 0.327. The van der Waals surface area contributed by atoms with Crippen molar-refractivity contribution in [2.24, 2.45) is 11.0 Å². The van der Waals surface area contributed by atoms with Gasteiger partial charge in [0, 0.05) is 18.5 Å². The number of rotatable bonds is 3. The van der Waals surface area contributed by atoms with Gasteiger partial charge in [-0.05, 0) is 25.0 Å². The van der Waals surface area contributed by atoms with Crippen LogP contribution in [0.3, 0.4) is 0 Å². The van der Waals surface area contributed by atoms with Gasteiger partial charge in [-0.1, -0.05) is 44.4 Å². The molecule has 4 nitrogen and oxygen atoms in total. The Morgan fingerprint density at radius 2 is 1.86 bits per heavy atom. The maximum atomic E-state index is 12.6. The summed E-state index contributed by atoms with van der Waals surface area (Å²) in [5, 5.41) is 4.38. The molecule has 0 unspecified atom stereocenters. The van der Waals surface area contributed by atoms with Gasteiger partial charge in [0.25, 0.3) is 5.91 Å². The molecule has 1 saturated carbocycles. The lowest BCUT2D eigenvalue weighted by Crippen LogP contribution is -2.39. The number of nitrogens with zero attached hydrogens (tertiary/aromatic N) is 2. The molecular formula is C17H23N3O. The topological polar surface area (TPSA) is 44.7 Å². The fraction of sp³-hybridized carbons (Fsp3) is 0.529. The number of hydrogen-bond donors (Lipinski definition) is 1. The monoisotopic (exact) mass is 285 g/mol. The SMILES string of the molecule is C[C@@H]1CN(C2CCCCC2)C(=O)/C1=N/Nc1ccccc1. The number of para-hydroxylation sites is 1. The van der Waals surface area contributed by atoms with Crippen LogP contribution in [-0.2, 0) is 4.79 Å². The summed E-state index contributed by atoms with van der Waals surface area (Å²) in [6.07, 6.45) is 6.11. The highest BCUT2D eigenvalue weighted by Gasteiger charge is 2.38. The Morgan fingerprint density at radius 3 is 2.57 bits per heavy atom. The molecule has 1 heterocycles. The number of nitrogens with one attached hydrogen (secondary N) is 1. The average Bonchev–Trinajstić information content (AvgIpc) is 2.82. The lowest BCUT2D eigenvalue weighted by molar-refractivity contribution is -0.125. The van der Waals surface area contributed by atoms with Crippen LogP contribution < -0.4 is 5.43 Å². The smallest absolute Gasteiger partial charge is 0.270 e. The molecule has 0 radical (unpaired) electrons. The Hall–Kier alpha value is -1.84. The summed E-state index contributed by atoms with van der Waals surface area (Å²) >= 11 is 0. The van der Waals surface area contributed by atoms with Gasteiger partial charge < -0.3 is 4.90 Å². The van der Waals surface area contributed by atoms with E-state index in [0.29, 0.717) is 11.8 Å². The molecular weight excluding hydrogens is 262 g/mol. The van der Waals surface area contributed by atoms with Crippen molar-refractivity contribution in [3.63, 3.8) is 0 Å². The molecule has 21 heavy (non-hydrogen) atoms. The minimum atomic E-state index is 0.123. The number of likely N-dealkylation sites (tertiary alicyclic amines) is 1. The summed E-state index contributed by atoms with van der Waals surface area (Å²) in [6, 6.07) is 10.2. The van der Waals surface area contributed by atoms with Crippen molar-refractivity contribution in [3.8, 4) is 0 Å². The summed E-state index contributed by atoms with van der Waals surface area (Å²) < 4.78 is 0. The van der Waals surface area contributed by atoms with Gasteiger partial charge >= 0.3 is 0 Å². The van der Waals surface area contributed by atoms with E-state index in [1.807, 2.05) is 30.3 Å². The third-order valence-corrected chi connectivity index (χ3v) is 4.51. The van der Waals surface area contributed by atoms with Crippen LogP contribution in [0, 0.1) is 5.92 Å². The fourth-order valence-electron chi connectivity index (χ4n) is 3.33. The zero-order valence-electron chi connectivity index (χ0n) is 12.6. The number of anilines is 1. The first kappa shape index (κ1) is 14.1. The van der Waals surface area contributed by atoms with Crippen LogP contribution in [-0.4, -0.2) is 29.1 Å². The Labute approximate surface area is 126 Å². The second-order valence-corrected chi connectivity index (χ2v) is 6.13. The van der Waals surface area contributed by atoms with Gasteiger partial charge in [0.05, 0.1) is 5.69 Å². The average molecular weight is 285 g/mol. The third-order valence-electron chi connectivity index (χ3n) is 4.51. The van der Waals surface area contributed by atoms with Gasteiger partial charge in [0.1, 0.15) is 5.71 Å². The van der Waals surface area contributed by atoms with Crippen LogP contribution in [0.15, 0.2) is 35.4 Å². The van der Waals surface area contributed by atoms with E-state index in [1.54, 1.807) is 0 Å². The first-order valence-corrected chi connectivity index (χ1v) is 7.95. The minimum absolute atomic E-state index is 0.123. The second kappa shape index (κ2) is 6.29. The van der Waals surface area contributed by atoms with E-state index in [9.17, 15) is 4.79 Å². The number of amides is 1. The van der Waals surface area contributed by atoms with E-state index in [-0.39, 0.29) is 11.8 Å². The predicted octanol–water partition coefficient (Wildman–Crippen LogP) is 3.27. The van der Waals surface area contributed by atoms with E-state index in [0.717, 1.165) is 25.1 Å². The first-order valence-electron chi connectivity index (χ1n) is 7.95. The molecule has 1 atom stereocenters. The number of hydrogen-bond acceptors (Lipinski definition) is 3. The van der Waals surface area contributed by atoms with E-state index in [1.165, 1.54) is 19.3 Å². The van der Waals surface area contributed by atoms with Crippen molar-refractivity contribution in [2.75, 3.05) is 12.0 Å². The zero-order chi connectivity index (χ0) is 14.7. The highest BCUT2D eigenvalue weighted by molar-refractivity contribution is 6.41. The summed E-state index contributed by atoms with van der Waals surface area (Å²) in [4.78, 5) is 14.6. The fourth-order valence-corrected chi connectivity index (χ4v) is 3.33. The standard InChI is InChI=1S/C17H23N3O/c1-13-12-20(15-10-6-3-7-11-15)17(21)16(13)19-18-14-8-4-2-5-9-14/h2,4-5,8-9,13,15,18H,3,6-7,10-12H2,1H3/b19-16+/t13-/m1/s1. The summed E-state index contributed by atoms with van der Waals surface area (Å²) in [6.45, 7) is 2.91. The van der Waals surface area contributed by atoms with Crippen molar-refractivity contribution in [2.45, 2.75) is 45.1 Å². The minimum Gasteiger partial charge on any atom is -0.334 e. The molecule has 1 saturated heterocycles. The first-order chi connectivity index (χ1) is 10.3. The van der Waals surface area contributed by atoms with E-state index >= 15 is 0 Å². The van der Waals surface area contributed by atoms with Gasteiger partial charge in [-0.3, -0.25) is 10.2 Å². The molecule has 4 heteroatoms. The van der Waals surface area contributed by atoms with Crippen LogP contribution in [0.25, 0.3) is 0 Å². The predicted molar refractivity (Wildman–Crippen MR) is 85.2 cm³/mol. The van der Waals surface area contributed by atoms with Crippen molar-refractivity contribution in [3.05, 3.63) is 30.3 Å². The largest absolute Gasteiger partial charge is 0.334 e. The normalized spacial score (nSPS) is 25.6. The van der Waals surface area contributed by atoms with Crippen LogP contribution in [0.5, 0.6) is 0 Å². The van der Waals surface area contributed by atoms with Gasteiger partial charge in [-0.15, -0.1) is 0 Å². The van der Waals surface area contributed by atoms with Gasteiger partial charge in [0.2, 0.25) is 0 Å². The number of carbonyl (C=O) groups is 1. The van der Waals surface area contributed by atoms with Crippen LogP contribution in [0.2, 0.25) is 0 Å². The second-order valence-electron chi connectivity index (χ2n) is 6.13. The van der Waals surface area contributed by atoms with Crippen LogP contribution in [0.1, 0.15) is 39.0 Å². The van der Waals surface area contributed by atoms with Crippen molar-refractivity contribution < 1.29 is 4.79 Å². The maximum Gasteiger partial charge on any atom is 0.270 e. The summed E-state index contributed by atoms with van der Waals surface area (Å²) in [5.41, 5.74) is 4.60. The molecule has 1 aliphatic heterocycles. The van der Waals surface area contributed by atoms with Crippen molar-refractivity contribution in [1.82, 2.24) is 4.90 Å². The van der Waals surface area contributed by atoms with Crippen LogP contribution in [0.4, 0.5) is 5.69 Å². The third kappa shape index (κ3) is 3.09. The van der Waals surface area contributed by atoms with Crippen LogP contribution >= 0.6 is 0 Å². The molecule has 0 aromatic heterocycles. The molecule has 1 aliphatic carbocycles. The zero-order valence-corrected chi connectivity index (χ0v) is 12.6. The van der Waals surface area contributed by atoms with E-state index in [2.05, 4.69) is 22.4 Å². The Morgan fingerprint density at radius 1 is 1.14 bits per heavy atom.